The van der Waals surface area contributed by atoms with E-state index in [0.29, 0.717) is 11.1 Å². The number of rotatable bonds is 10. The fourth-order valence-electron chi connectivity index (χ4n) is 7.26. The summed E-state index contributed by atoms with van der Waals surface area (Å²) in [6.45, 7) is 0. The van der Waals surface area contributed by atoms with Crippen molar-refractivity contribution < 1.29 is 28.7 Å². The SMILES string of the molecule is O=C(Oc1ccc2c(c1)C(=O)c1ccc(OC(=O)c3ccc(N(c4ccccc4)c4ccccc4)cc3)cc1C2=O)c1ccc(N(c2ccccc2)c2ccccc2)cc1. The highest BCUT2D eigenvalue weighted by molar-refractivity contribution is 6.28. The minimum Gasteiger partial charge on any atom is -0.423 e. The van der Waals surface area contributed by atoms with Crippen LogP contribution in [0.25, 0.3) is 0 Å². The van der Waals surface area contributed by atoms with Gasteiger partial charge >= 0.3 is 11.9 Å². The summed E-state index contributed by atoms with van der Waals surface area (Å²) < 4.78 is 11.4. The van der Waals surface area contributed by atoms with Gasteiger partial charge in [0.05, 0.1) is 11.1 Å². The molecular weight excluding hydrogens is 749 g/mol. The zero-order valence-electron chi connectivity index (χ0n) is 32.0. The number of hydrogen-bond donors (Lipinski definition) is 0. The first-order valence-electron chi connectivity index (χ1n) is 19.2. The van der Waals surface area contributed by atoms with Crippen LogP contribution < -0.4 is 19.3 Å². The predicted molar refractivity (Wildman–Crippen MR) is 232 cm³/mol. The molecule has 0 fully saturated rings. The monoisotopic (exact) mass is 782 g/mol. The van der Waals surface area contributed by atoms with Gasteiger partial charge in [-0.05, 0) is 133 Å². The topological polar surface area (TPSA) is 93.2 Å². The summed E-state index contributed by atoms with van der Waals surface area (Å²) in [4.78, 5) is 58.2. The van der Waals surface area contributed by atoms with Gasteiger partial charge in [0.1, 0.15) is 11.5 Å². The zero-order valence-corrected chi connectivity index (χ0v) is 32.0. The predicted octanol–water partition coefficient (Wildman–Crippen LogP) is 11.8. The molecule has 8 nitrogen and oxygen atoms in total. The van der Waals surface area contributed by atoms with Gasteiger partial charge in [-0.2, -0.15) is 0 Å². The Morgan fingerprint density at radius 2 is 0.600 bits per heavy atom. The number of hydrogen-bond acceptors (Lipinski definition) is 8. The van der Waals surface area contributed by atoms with Gasteiger partial charge in [-0.15, -0.1) is 0 Å². The first-order valence-corrected chi connectivity index (χ1v) is 19.2. The number of carbonyl (C=O) groups excluding carboxylic acids is 4. The Labute approximate surface area is 346 Å². The first-order chi connectivity index (χ1) is 29.4. The second kappa shape index (κ2) is 16.2. The largest absolute Gasteiger partial charge is 0.423 e. The van der Waals surface area contributed by atoms with E-state index >= 15 is 0 Å². The molecule has 0 aliphatic heterocycles. The number of fused-ring (bicyclic) bond motifs is 2. The summed E-state index contributed by atoms with van der Waals surface area (Å²) in [7, 11) is 0. The lowest BCUT2D eigenvalue weighted by molar-refractivity contribution is 0.0724. The molecule has 9 rings (SSSR count). The maximum atomic E-state index is 13.7. The van der Waals surface area contributed by atoms with Crippen LogP contribution in [-0.4, -0.2) is 23.5 Å². The molecular formula is C52H34N2O6. The molecule has 0 radical (unpaired) electrons. The minimum atomic E-state index is -0.617. The van der Waals surface area contributed by atoms with Crippen LogP contribution in [0.2, 0.25) is 0 Å². The van der Waals surface area contributed by atoms with Crippen LogP contribution in [0, 0.1) is 0 Å². The van der Waals surface area contributed by atoms with E-state index in [9.17, 15) is 19.2 Å². The van der Waals surface area contributed by atoms with Crippen molar-refractivity contribution in [3.8, 4) is 11.5 Å². The highest BCUT2D eigenvalue weighted by atomic mass is 16.5. The lowest BCUT2D eigenvalue weighted by Crippen LogP contribution is -2.21. The van der Waals surface area contributed by atoms with Crippen LogP contribution in [0.1, 0.15) is 52.6 Å². The highest BCUT2D eigenvalue weighted by Gasteiger charge is 2.31. The van der Waals surface area contributed by atoms with Gasteiger partial charge in [-0.3, -0.25) is 9.59 Å². The maximum Gasteiger partial charge on any atom is 0.343 e. The van der Waals surface area contributed by atoms with E-state index in [1.807, 2.05) is 146 Å². The molecule has 8 heteroatoms. The molecule has 0 unspecified atom stereocenters. The molecule has 8 aromatic carbocycles. The van der Waals surface area contributed by atoms with Crippen LogP contribution in [0.4, 0.5) is 34.1 Å². The smallest absolute Gasteiger partial charge is 0.343 e. The van der Waals surface area contributed by atoms with Gasteiger partial charge in [0.25, 0.3) is 0 Å². The number of nitrogens with zero attached hydrogens (tertiary/aromatic N) is 2. The second-order valence-electron chi connectivity index (χ2n) is 14.0. The molecule has 0 atom stereocenters. The van der Waals surface area contributed by atoms with E-state index in [1.165, 1.54) is 36.4 Å². The Bertz CT molecular complexity index is 2590. The third kappa shape index (κ3) is 7.44. The normalized spacial score (nSPS) is 11.5. The van der Waals surface area contributed by atoms with Crippen molar-refractivity contribution in [1.29, 1.82) is 0 Å². The van der Waals surface area contributed by atoms with E-state index < -0.39 is 23.5 Å². The molecule has 0 bridgehead atoms. The van der Waals surface area contributed by atoms with E-state index in [4.69, 9.17) is 9.47 Å². The Hall–Kier alpha value is -8.36. The summed E-state index contributed by atoms with van der Waals surface area (Å²) in [5.74, 6) is -1.83. The van der Waals surface area contributed by atoms with Crippen molar-refractivity contribution in [2.75, 3.05) is 9.80 Å². The highest BCUT2D eigenvalue weighted by Crippen LogP contribution is 2.37. The quantitative estimate of drug-likeness (QED) is 0.1000. The second-order valence-corrected chi connectivity index (χ2v) is 14.0. The molecule has 1 aliphatic carbocycles. The Kier molecular flexibility index (Phi) is 10.1. The number of ether oxygens (including phenoxy) is 2. The molecule has 0 heterocycles. The minimum absolute atomic E-state index is 0.111. The molecule has 0 N–H and O–H groups in total. The molecule has 0 saturated heterocycles. The van der Waals surface area contributed by atoms with Crippen molar-refractivity contribution in [3.63, 3.8) is 0 Å². The standard InChI is InChI=1S/C52H34N2O6/c55-49-46-32-30-44(60-52(58)36-23-27-42(28-24-36)54(39-17-9-3-10-18-39)40-19-11-4-12-20-40)34-48(46)50(56)45-31-29-43(33-47(45)49)59-51(57)35-21-25-41(26-22-35)53(37-13-5-1-6-14-37)38-15-7-2-8-16-38/h1-34H. The number of ketones is 2. The van der Waals surface area contributed by atoms with Gasteiger partial charge in [-0.25, -0.2) is 9.59 Å². The van der Waals surface area contributed by atoms with Crippen molar-refractivity contribution in [2.24, 2.45) is 0 Å². The number of esters is 2. The Morgan fingerprint density at radius 1 is 0.317 bits per heavy atom. The van der Waals surface area contributed by atoms with Crippen molar-refractivity contribution >= 4 is 57.6 Å². The molecule has 0 aromatic heterocycles. The number of para-hydroxylation sites is 4. The molecule has 288 valence electrons. The summed E-state index contributed by atoms with van der Waals surface area (Å²) in [6.07, 6.45) is 0. The fraction of sp³-hybridized carbons (Fsp3) is 0. The molecule has 60 heavy (non-hydrogen) atoms. The fourth-order valence-corrected chi connectivity index (χ4v) is 7.26. The van der Waals surface area contributed by atoms with Crippen LogP contribution in [0.3, 0.4) is 0 Å². The lowest BCUT2D eigenvalue weighted by Gasteiger charge is -2.25. The number of anilines is 6. The summed E-state index contributed by atoms with van der Waals surface area (Å²) in [5, 5.41) is 0. The molecule has 0 spiro atoms. The van der Waals surface area contributed by atoms with Crippen molar-refractivity contribution in [2.45, 2.75) is 0 Å². The van der Waals surface area contributed by atoms with Crippen LogP contribution in [0.5, 0.6) is 11.5 Å². The zero-order chi connectivity index (χ0) is 41.0. The molecule has 0 saturated carbocycles. The van der Waals surface area contributed by atoms with Crippen molar-refractivity contribution in [1.82, 2.24) is 0 Å². The number of benzene rings is 8. The van der Waals surface area contributed by atoms with Gasteiger partial charge in [-0.1, -0.05) is 72.8 Å². The van der Waals surface area contributed by atoms with Crippen LogP contribution >= 0.6 is 0 Å². The van der Waals surface area contributed by atoms with Gasteiger partial charge < -0.3 is 19.3 Å². The lowest BCUT2D eigenvalue weighted by atomic mass is 9.84. The summed E-state index contributed by atoms with van der Waals surface area (Å²) in [5.41, 5.74) is 6.69. The van der Waals surface area contributed by atoms with Crippen molar-refractivity contribution in [3.05, 3.63) is 240 Å². The molecule has 1 aliphatic rings. The average Bonchev–Trinajstić information content (AvgIpc) is 3.30. The van der Waals surface area contributed by atoms with Crippen LogP contribution in [-0.2, 0) is 0 Å². The van der Waals surface area contributed by atoms with Gasteiger partial charge in [0.15, 0.2) is 11.6 Å². The van der Waals surface area contributed by atoms with E-state index in [-0.39, 0.29) is 33.8 Å². The van der Waals surface area contributed by atoms with E-state index in [0.717, 1.165) is 34.1 Å². The summed E-state index contributed by atoms with van der Waals surface area (Å²) >= 11 is 0. The van der Waals surface area contributed by atoms with E-state index in [1.54, 1.807) is 24.3 Å². The van der Waals surface area contributed by atoms with Gasteiger partial charge in [0, 0.05) is 56.4 Å². The Balaban J connectivity index is 0.888. The Morgan fingerprint density at radius 3 is 0.900 bits per heavy atom. The number of carbonyl (C=O) groups is 4. The third-order valence-electron chi connectivity index (χ3n) is 10.2. The first kappa shape index (κ1) is 37.2. The van der Waals surface area contributed by atoms with Crippen LogP contribution in [0.15, 0.2) is 206 Å². The average molecular weight is 783 g/mol. The third-order valence-corrected chi connectivity index (χ3v) is 10.2. The molecule has 0 amide bonds. The molecule has 8 aromatic rings. The maximum absolute atomic E-state index is 13.7. The summed E-state index contributed by atoms with van der Waals surface area (Å²) in [6, 6.07) is 62.5. The van der Waals surface area contributed by atoms with E-state index in [2.05, 4.69) is 9.80 Å². The van der Waals surface area contributed by atoms with Gasteiger partial charge in [0.2, 0.25) is 0 Å².